The number of para-hydroxylation sites is 1. The Morgan fingerprint density at radius 2 is 1.78 bits per heavy atom. The van der Waals surface area contributed by atoms with Gasteiger partial charge in [-0.2, -0.15) is 0 Å². The summed E-state index contributed by atoms with van der Waals surface area (Å²) in [6.07, 6.45) is 4.60. The standard InChI is InChI=1S/C18H19Cl2NOS/c19-17-13-8-9-14(21-10-4-5-11-21)16(15(13)18(20)23-17)22-12-6-2-1-3-7-12/h1-3,6-7,14,16H,4-5,8-11H2. The SMILES string of the molecule is Clc1sc(Cl)c2c1CCC(N1CCCC1)C2Oc1ccccc1. The average Bonchev–Trinajstić information content (AvgIpc) is 3.18. The summed E-state index contributed by atoms with van der Waals surface area (Å²) >= 11 is 14.4. The molecule has 1 fully saturated rings. The normalized spacial score (nSPS) is 24.6. The Labute approximate surface area is 151 Å². The summed E-state index contributed by atoms with van der Waals surface area (Å²) in [7, 11) is 0. The van der Waals surface area contributed by atoms with E-state index in [-0.39, 0.29) is 6.10 Å². The summed E-state index contributed by atoms with van der Waals surface area (Å²) < 4.78 is 8.04. The first-order valence-corrected chi connectivity index (χ1v) is 9.73. The van der Waals surface area contributed by atoms with Crippen molar-refractivity contribution in [1.82, 2.24) is 4.90 Å². The number of ether oxygens (including phenoxy) is 1. The van der Waals surface area contributed by atoms with Crippen LogP contribution in [0.25, 0.3) is 0 Å². The van der Waals surface area contributed by atoms with Crippen LogP contribution in [0.15, 0.2) is 30.3 Å². The van der Waals surface area contributed by atoms with E-state index >= 15 is 0 Å². The number of benzene rings is 1. The Hall–Kier alpha value is -0.740. The number of hydrogen-bond acceptors (Lipinski definition) is 3. The quantitative estimate of drug-likeness (QED) is 0.701. The fraction of sp³-hybridized carbons (Fsp3) is 0.444. The molecule has 23 heavy (non-hydrogen) atoms. The highest BCUT2D eigenvalue weighted by Crippen LogP contribution is 2.47. The minimum absolute atomic E-state index is 0.0319. The molecule has 2 aliphatic rings. The van der Waals surface area contributed by atoms with Gasteiger partial charge in [-0.05, 0) is 56.5 Å². The van der Waals surface area contributed by atoms with Crippen molar-refractivity contribution >= 4 is 34.5 Å². The predicted molar refractivity (Wildman–Crippen MR) is 97.1 cm³/mol. The van der Waals surface area contributed by atoms with Gasteiger partial charge in [0.25, 0.3) is 0 Å². The van der Waals surface area contributed by atoms with Crippen molar-refractivity contribution < 1.29 is 4.74 Å². The predicted octanol–water partition coefficient (Wildman–Crippen LogP) is 5.59. The van der Waals surface area contributed by atoms with Gasteiger partial charge >= 0.3 is 0 Å². The molecule has 1 aliphatic heterocycles. The van der Waals surface area contributed by atoms with E-state index in [1.165, 1.54) is 29.7 Å². The van der Waals surface area contributed by atoms with Crippen LogP contribution >= 0.6 is 34.5 Å². The first kappa shape index (κ1) is 15.8. The van der Waals surface area contributed by atoms with Crippen LogP contribution < -0.4 is 4.74 Å². The van der Waals surface area contributed by atoms with E-state index in [2.05, 4.69) is 4.90 Å². The zero-order chi connectivity index (χ0) is 15.8. The molecular weight excluding hydrogens is 349 g/mol. The highest BCUT2D eigenvalue weighted by atomic mass is 35.5. The Balaban J connectivity index is 1.71. The third-order valence-electron chi connectivity index (χ3n) is 4.89. The molecule has 5 heteroatoms. The van der Waals surface area contributed by atoms with E-state index in [1.54, 1.807) is 0 Å². The second-order valence-corrected chi connectivity index (χ2v) is 8.47. The fourth-order valence-corrected chi connectivity index (χ4v) is 5.64. The monoisotopic (exact) mass is 367 g/mol. The third-order valence-corrected chi connectivity index (χ3v) is 6.61. The van der Waals surface area contributed by atoms with Crippen LogP contribution in [0.4, 0.5) is 0 Å². The first-order valence-electron chi connectivity index (χ1n) is 8.16. The molecule has 4 rings (SSSR count). The number of hydrogen-bond donors (Lipinski definition) is 0. The van der Waals surface area contributed by atoms with Gasteiger partial charge in [0.2, 0.25) is 0 Å². The number of rotatable bonds is 3. The van der Waals surface area contributed by atoms with Gasteiger partial charge in [-0.3, -0.25) is 4.90 Å². The fourth-order valence-electron chi connectivity index (χ4n) is 3.80. The molecule has 2 heterocycles. The third kappa shape index (κ3) is 3.00. The highest BCUT2D eigenvalue weighted by Gasteiger charge is 2.39. The van der Waals surface area contributed by atoms with Gasteiger partial charge in [0, 0.05) is 5.56 Å². The summed E-state index contributed by atoms with van der Waals surface area (Å²) in [5.74, 6) is 0.896. The van der Waals surface area contributed by atoms with E-state index in [0.717, 1.165) is 45.9 Å². The lowest BCUT2D eigenvalue weighted by molar-refractivity contribution is 0.0677. The first-order chi connectivity index (χ1) is 11.2. The molecule has 2 aromatic rings. The molecular formula is C18H19Cl2NOS. The van der Waals surface area contributed by atoms with Gasteiger partial charge in [-0.1, -0.05) is 41.4 Å². The van der Waals surface area contributed by atoms with Crippen molar-refractivity contribution in [3.8, 4) is 5.75 Å². The summed E-state index contributed by atoms with van der Waals surface area (Å²) in [5.41, 5.74) is 2.31. The van der Waals surface area contributed by atoms with Crippen molar-refractivity contribution in [1.29, 1.82) is 0 Å². The smallest absolute Gasteiger partial charge is 0.142 e. The molecule has 0 bridgehead atoms. The summed E-state index contributed by atoms with van der Waals surface area (Å²) in [6, 6.07) is 10.4. The molecule has 1 aliphatic carbocycles. The lowest BCUT2D eigenvalue weighted by Gasteiger charge is -2.38. The van der Waals surface area contributed by atoms with Gasteiger partial charge < -0.3 is 4.74 Å². The molecule has 2 nitrogen and oxygen atoms in total. The van der Waals surface area contributed by atoms with E-state index in [4.69, 9.17) is 27.9 Å². The van der Waals surface area contributed by atoms with E-state index in [9.17, 15) is 0 Å². The van der Waals surface area contributed by atoms with Crippen LogP contribution in [0, 0.1) is 0 Å². The van der Waals surface area contributed by atoms with Gasteiger partial charge in [0.1, 0.15) is 16.2 Å². The molecule has 0 spiro atoms. The van der Waals surface area contributed by atoms with Crippen molar-refractivity contribution in [3.05, 3.63) is 50.1 Å². The molecule has 1 aromatic heterocycles. The second kappa shape index (κ2) is 6.64. The van der Waals surface area contributed by atoms with Crippen LogP contribution in [-0.4, -0.2) is 24.0 Å². The van der Waals surface area contributed by atoms with Crippen LogP contribution in [0.1, 0.15) is 36.5 Å². The maximum atomic E-state index is 6.53. The minimum Gasteiger partial charge on any atom is -0.484 e. The number of likely N-dealkylation sites (tertiary alicyclic amines) is 1. The topological polar surface area (TPSA) is 12.5 Å². The molecule has 1 saturated heterocycles. The van der Waals surface area contributed by atoms with E-state index in [1.807, 2.05) is 30.3 Å². The van der Waals surface area contributed by atoms with Crippen molar-refractivity contribution in [2.24, 2.45) is 0 Å². The van der Waals surface area contributed by atoms with Crippen molar-refractivity contribution in [3.63, 3.8) is 0 Å². The van der Waals surface area contributed by atoms with Crippen molar-refractivity contribution in [2.75, 3.05) is 13.1 Å². The molecule has 0 amide bonds. The number of nitrogens with zero attached hydrogens (tertiary/aromatic N) is 1. The molecule has 122 valence electrons. The molecule has 2 atom stereocenters. The largest absolute Gasteiger partial charge is 0.484 e. The maximum absolute atomic E-state index is 6.53. The van der Waals surface area contributed by atoms with Gasteiger partial charge in [-0.25, -0.2) is 0 Å². The van der Waals surface area contributed by atoms with Crippen LogP contribution in [0.3, 0.4) is 0 Å². The molecule has 1 aromatic carbocycles. The van der Waals surface area contributed by atoms with Crippen molar-refractivity contribution in [2.45, 2.75) is 37.8 Å². The average molecular weight is 368 g/mol. The molecule has 2 unspecified atom stereocenters. The molecule has 0 radical (unpaired) electrons. The van der Waals surface area contributed by atoms with Gasteiger partial charge in [-0.15, -0.1) is 11.3 Å². The zero-order valence-electron chi connectivity index (χ0n) is 12.8. The minimum atomic E-state index is -0.0319. The highest BCUT2D eigenvalue weighted by molar-refractivity contribution is 7.20. The number of thiophene rings is 1. The van der Waals surface area contributed by atoms with Crippen LogP contribution in [0.2, 0.25) is 8.67 Å². The van der Waals surface area contributed by atoms with Crippen LogP contribution in [0.5, 0.6) is 5.75 Å². The number of halogens is 2. The van der Waals surface area contributed by atoms with E-state index in [0.29, 0.717) is 6.04 Å². The lowest BCUT2D eigenvalue weighted by atomic mass is 9.87. The second-order valence-electron chi connectivity index (χ2n) is 6.24. The number of fused-ring (bicyclic) bond motifs is 1. The van der Waals surface area contributed by atoms with Crippen LogP contribution in [-0.2, 0) is 6.42 Å². The summed E-state index contributed by atoms with van der Waals surface area (Å²) in [6.45, 7) is 2.31. The Kier molecular flexibility index (Phi) is 4.55. The Morgan fingerprint density at radius 3 is 2.52 bits per heavy atom. The summed E-state index contributed by atoms with van der Waals surface area (Å²) in [4.78, 5) is 2.57. The maximum Gasteiger partial charge on any atom is 0.142 e. The molecule has 0 N–H and O–H groups in total. The summed E-state index contributed by atoms with van der Waals surface area (Å²) in [5, 5.41) is 0. The Bertz CT molecular complexity index is 682. The van der Waals surface area contributed by atoms with E-state index < -0.39 is 0 Å². The molecule has 0 saturated carbocycles. The Morgan fingerprint density at radius 1 is 1.04 bits per heavy atom. The lowest BCUT2D eigenvalue weighted by Crippen LogP contribution is -2.42. The van der Waals surface area contributed by atoms with Gasteiger partial charge in [0.05, 0.1) is 10.4 Å². The zero-order valence-corrected chi connectivity index (χ0v) is 15.1. The van der Waals surface area contributed by atoms with Gasteiger partial charge in [0.15, 0.2) is 0 Å².